The summed E-state index contributed by atoms with van der Waals surface area (Å²) in [4.78, 5) is 22.3. The third kappa shape index (κ3) is 5.21. The summed E-state index contributed by atoms with van der Waals surface area (Å²) >= 11 is 6.31. The summed E-state index contributed by atoms with van der Waals surface area (Å²) in [6.07, 6.45) is 5.77. The minimum absolute atomic E-state index is 0.0951. The van der Waals surface area contributed by atoms with Crippen LogP contribution in [0.5, 0.6) is 0 Å². The lowest BCUT2D eigenvalue weighted by Crippen LogP contribution is -2.40. The number of carbonyl (C=O) groups is 1. The zero-order valence-corrected chi connectivity index (χ0v) is 22.7. The second kappa shape index (κ2) is 9.33. The third-order valence-corrected chi connectivity index (χ3v) is 11.1. The second-order valence-corrected chi connectivity index (χ2v) is 14.1. The van der Waals surface area contributed by atoms with Gasteiger partial charge in [-0.1, -0.05) is 11.6 Å². The molecule has 0 radical (unpaired) electrons. The summed E-state index contributed by atoms with van der Waals surface area (Å²) in [6, 6.07) is 8.29. The first kappa shape index (κ1) is 25.8. The largest absolute Gasteiger partial charge is 0.370 e. The number of halogens is 3. The molecule has 2 aromatic rings. The van der Waals surface area contributed by atoms with E-state index in [2.05, 4.69) is 15.2 Å². The molecule has 1 spiro atoms. The number of alkyl halides is 2. The molecule has 2 aliphatic carbocycles. The van der Waals surface area contributed by atoms with Gasteiger partial charge in [0, 0.05) is 54.2 Å². The van der Waals surface area contributed by atoms with Crippen LogP contribution in [0.15, 0.2) is 35.2 Å². The number of hydrogen-bond donors (Lipinski definition) is 2. The molecular weight excluding hydrogens is 532 g/mol. The number of rotatable bonds is 6. The van der Waals surface area contributed by atoms with Crippen LogP contribution in [-0.4, -0.2) is 52.5 Å². The average Bonchev–Trinajstić information content (AvgIpc) is 3.81. The minimum atomic E-state index is -2.89. The van der Waals surface area contributed by atoms with E-state index in [1.165, 1.54) is 18.9 Å². The number of aromatic nitrogens is 1. The Balaban J connectivity index is 1.27. The fourth-order valence-corrected chi connectivity index (χ4v) is 7.51. The molecule has 2 aliphatic heterocycles. The maximum absolute atomic E-state index is 13.6. The molecular formula is C27H32ClF2N5O2S. The van der Waals surface area contributed by atoms with Crippen LogP contribution < -0.4 is 15.1 Å². The topological polar surface area (TPSA) is 89.4 Å². The van der Waals surface area contributed by atoms with Gasteiger partial charge in [-0.05, 0) is 74.3 Å². The third-order valence-electron chi connectivity index (χ3n) is 8.51. The number of piperidine rings is 2. The van der Waals surface area contributed by atoms with E-state index in [1.54, 1.807) is 23.1 Å². The van der Waals surface area contributed by atoms with Crippen LogP contribution in [-0.2, 0) is 9.73 Å². The summed E-state index contributed by atoms with van der Waals surface area (Å²) in [7, 11) is -2.89. The van der Waals surface area contributed by atoms with Crippen molar-refractivity contribution in [3.05, 3.63) is 41.0 Å². The van der Waals surface area contributed by atoms with Crippen LogP contribution in [0.1, 0.15) is 61.9 Å². The highest BCUT2D eigenvalue weighted by Gasteiger charge is 2.45. The Kier molecular flexibility index (Phi) is 6.33. The Hall–Kier alpha value is -2.46. The molecule has 1 atom stereocenters. The molecule has 0 bridgehead atoms. The SMILES string of the molecule is N=S(=O)(c1ccc(NC(=O)c2cc(Cl)cc(N3CCC(F)(F)CC3)n2)c(N2CCC3(CC2)CC3)c1)C1CC1. The van der Waals surface area contributed by atoms with Crippen LogP contribution in [0, 0.1) is 10.2 Å². The Morgan fingerprint density at radius 1 is 1.00 bits per heavy atom. The van der Waals surface area contributed by atoms with Crippen LogP contribution in [0.2, 0.25) is 5.02 Å². The predicted octanol–water partition coefficient (Wildman–Crippen LogP) is 6.17. The van der Waals surface area contributed by atoms with Crippen molar-refractivity contribution in [2.45, 2.75) is 67.4 Å². The molecule has 7 nitrogen and oxygen atoms in total. The number of hydrogen-bond acceptors (Lipinski definition) is 6. The van der Waals surface area contributed by atoms with Crippen molar-refractivity contribution >= 4 is 44.4 Å². The van der Waals surface area contributed by atoms with Gasteiger partial charge in [-0.25, -0.2) is 22.8 Å². The van der Waals surface area contributed by atoms with Gasteiger partial charge in [-0.2, -0.15) is 0 Å². The first-order valence-corrected chi connectivity index (χ1v) is 15.3. The fourth-order valence-electron chi connectivity index (χ4n) is 5.57. The van der Waals surface area contributed by atoms with E-state index in [-0.39, 0.29) is 36.9 Å². The monoisotopic (exact) mass is 563 g/mol. The smallest absolute Gasteiger partial charge is 0.274 e. The molecule has 6 rings (SSSR count). The lowest BCUT2D eigenvalue weighted by atomic mass is 9.93. The summed E-state index contributed by atoms with van der Waals surface area (Å²) in [5.41, 5.74) is 1.90. The van der Waals surface area contributed by atoms with E-state index in [0.29, 0.717) is 26.8 Å². The lowest BCUT2D eigenvalue weighted by Gasteiger charge is -2.35. The highest BCUT2D eigenvalue weighted by atomic mass is 35.5. The molecule has 2 saturated carbocycles. The minimum Gasteiger partial charge on any atom is -0.370 e. The van der Waals surface area contributed by atoms with Gasteiger partial charge in [0.25, 0.3) is 11.8 Å². The molecule has 2 N–H and O–H groups in total. The van der Waals surface area contributed by atoms with Gasteiger partial charge in [0.15, 0.2) is 0 Å². The predicted molar refractivity (Wildman–Crippen MR) is 145 cm³/mol. The zero-order valence-electron chi connectivity index (χ0n) is 21.1. The lowest BCUT2D eigenvalue weighted by molar-refractivity contribution is -0.0221. The molecule has 1 aromatic heterocycles. The van der Waals surface area contributed by atoms with Crippen molar-refractivity contribution < 1.29 is 17.8 Å². The summed E-state index contributed by atoms with van der Waals surface area (Å²) < 4.78 is 49.0. The number of carbonyl (C=O) groups excluding carboxylic acids is 1. The van der Waals surface area contributed by atoms with Crippen LogP contribution in [0.25, 0.3) is 0 Å². The normalized spacial score (nSPS) is 23.7. The first-order chi connectivity index (χ1) is 18.0. The fraction of sp³-hybridized carbons (Fsp3) is 0.556. The number of anilines is 3. The Morgan fingerprint density at radius 3 is 2.29 bits per heavy atom. The molecule has 2 saturated heterocycles. The van der Waals surface area contributed by atoms with Crippen molar-refractivity contribution in [2.75, 3.05) is 41.3 Å². The molecule has 1 unspecified atom stereocenters. The van der Waals surface area contributed by atoms with E-state index < -0.39 is 21.6 Å². The van der Waals surface area contributed by atoms with Crippen LogP contribution >= 0.6 is 11.6 Å². The Bertz CT molecular complexity index is 1360. The molecule has 204 valence electrons. The van der Waals surface area contributed by atoms with Crippen molar-refractivity contribution in [3.63, 3.8) is 0 Å². The summed E-state index contributed by atoms with van der Waals surface area (Å²) in [5, 5.41) is 3.16. The van der Waals surface area contributed by atoms with Crippen molar-refractivity contribution in [1.29, 1.82) is 4.78 Å². The van der Waals surface area contributed by atoms with E-state index in [1.807, 2.05) is 6.07 Å². The van der Waals surface area contributed by atoms with Gasteiger partial charge in [0.05, 0.1) is 21.1 Å². The molecule has 1 amide bonds. The highest BCUT2D eigenvalue weighted by molar-refractivity contribution is 7.93. The van der Waals surface area contributed by atoms with E-state index >= 15 is 0 Å². The van der Waals surface area contributed by atoms with Gasteiger partial charge in [0.2, 0.25) is 0 Å². The standard InChI is InChI=1S/C27H32ClF2N5O2S/c28-18-15-22(32-24(16-18)35-13-9-27(29,30)10-14-35)25(36)33-21-4-3-20(38(31,37)19-1-2-19)17-23(21)34-11-7-26(5-6-26)8-12-34/h3-4,15-17,19,31H,1-2,5-14H2,(H,33,36). The highest BCUT2D eigenvalue weighted by Crippen LogP contribution is 2.54. The van der Waals surface area contributed by atoms with Crippen LogP contribution in [0.3, 0.4) is 0 Å². The molecule has 4 fully saturated rings. The van der Waals surface area contributed by atoms with Crippen molar-refractivity contribution in [3.8, 4) is 0 Å². The zero-order chi connectivity index (χ0) is 26.7. The summed E-state index contributed by atoms with van der Waals surface area (Å²) in [6.45, 7) is 1.95. The number of nitrogens with zero attached hydrogens (tertiary/aromatic N) is 3. The molecule has 38 heavy (non-hydrogen) atoms. The van der Waals surface area contributed by atoms with Gasteiger partial charge in [-0.15, -0.1) is 0 Å². The maximum atomic E-state index is 13.6. The summed E-state index contributed by atoms with van der Waals surface area (Å²) in [5.74, 6) is -2.75. The number of nitrogens with one attached hydrogen (secondary N) is 2. The molecule has 11 heteroatoms. The first-order valence-electron chi connectivity index (χ1n) is 13.3. The Labute approximate surface area is 226 Å². The second-order valence-electron chi connectivity index (χ2n) is 11.3. The number of amides is 1. The van der Waals surface area contributed by atoms with E-state index in [9.17, 15) is 17.8 Å². The quantitative estimate of drug-likeness (QED) is 0.438. The molecule has 3 heterocycles. The average molecular weight is 564 g/mol. The van der Waals surface area contributed by atoms with Crippen molar-refractivity contribution in [1.82, 2.24) is 4.98 Å². The van der Waals surface area contributed by atoms with Gasteiger partial charge in [0.1, 0.15) is 11.5 Å². The van der Waals surface area contributed by atoms with Gasteiger partial charge in [-0.3, -0.25) is 4.79 Å². The molecule has 1 aromatic carbocycles. The maximum Gasteiger partial charge on any atom is 0.274 e. The Morgan fingerprint density at radius 2 is 1.66 bits per heavy atom. The van der Waals surface area contributed by atoms with Gasteiger partial charge < -0.3 is 15.1 Å². The van der Waals surface area contributed by atoms with E-state index in [0.717, 1.165) is 44.5 Å². The number of pyridine rings is 1. The number of benzene rings is 1. The van der Waals surface area contributed by atoms with Crippen LogP contribution in [0.4, 0.5) is 26.0 Å². The van der Waals surface area contributed by atoms with Gasteiger partial charge >= 0.3 is 0 Å². The molecule has 4 aliphatic rings. The van der Waals surface area contributed by atoms with Crippen molar-refractivity contribution in [2.24, 2.45) is 5.41 Å². The van der Waals surface area contributed by atoms with E-state index in [4.69, 9.17) is 16.4 Å².